The van der Waals surface area contributed by atoms with Crippen LogP contribution in [0.1, 0.15) is 11.1 Å². The summed E-state index contributed by atoms with van der Waals surface area (Å²) in [5.74, 6) is 18.6. The summed E-state index contributed by atoms with van der Waals surface area (Å²) in [6.07, 6.45) is 48.8. The van der Waals surface area contributed by atoms with E-state index in [2.05, 4.69) is 469 Å². The maximum Gasteiger partial charge on any atom is 0.380 e. The van der Waals surface area contributed by atoms with Gasteiger partial charge in [-0.05, 0) is 250 Å². The predicted octanol–water partition coefficient (Wildman–Crippen LogP) is 23.9. The summed E-state index contributed by atoms with van der Waals surface area (Å²) in [5.41, 5.74) is 31.1. The third-order valence-electron chi connectivity index (χ3n) is 26.5. The van der Waals surface area contributed by atoms with Gasteiger partial charge in [-0.2, -0.15) is 0 Å². The van der Waals surface area contributed by atoms with Crippen LogP contribution in [0.2, 0.25) is 0 Å². The fourth-order valence-electron chi connectivity index (χ4n) is 20.9. The molecule has 0 N–H and O–H groups in total. The Morgan fingerprint density at radius 1 is 0.213 bits per heavy atom. The summed E-state index contributed by atoms with van der Waals surface area (Å²) >= 11 is 1.89. The number of allylic oxidation sites excluding steroid dienone is 16. The minimum Gasteiger partial charge on any atom is -0.455 e. The molecule has 2 fully saturated rings. The normalized spacial score (nSPS) is 16.6. The first kappa shape index (κ1) is 70.4. The van der Waals surface area contributed by atoms with Crippen LogP contribution < -0.4 is 0 Å². The fourth-order valence-corrected chi connectivity index (χ4v) is 22.1. The van der Waals surface area contributed by atoms with Crippen molar-refractivity contribution in [3.8, 4) is 111 Å². The molecule has 18 heteroatoms. The third-order valence-corrected chi connectivity index (χ3v) is 27.7. The highest BCUT2D eigenvalue weighted by molar-refractivity contribution is 7.26. The molecule has 12 aromatic carbocycles. The van der Waals surface area contributed by atoms with Crippen molar-refractivity contribution in [3.63, 3.8) is 0 Å². The molecule has 12 heterocycles. The number of benzene rings is 12. The Labute approximate surface area is 717 Å². The summed E-state index contributed by atoms with van der Waals surface area (Å²) in [5, 5.41) is 4.93. The van der Waals surface area contributed by atoms with Gasteiger partial charge < -0.3 is 42.2 Å². The van der Waals surface area contributed by atoms with Crippen molar-refractivity contribution in [2.75, 3.05) is 0 Å². The molecule has 0 atom stereocenters. The first-order chi connectivity index (χ1) is 60.5. The number of rotatable bonds is 4. The van der Waals surface area contributed by atoms with E-state index < -0.39 is 0 Å². The summed E-state index contributed by atoms with van der Waals surface area (Å²) in [4.78, 5) is 0. The van der Waals surface area contributed by atoms with Crippen LogP contribution in [0.4, 0.5) is 0 Å². The SMILES string of the molecule is C1=CB2N(C=C1)B1C=CC=CN1B1C=CC(c3ccc4c(c3)-c3ccccc3-c3ccc(-c5cccc6c5oc5ccccc56)cc3-c3ccccc3-4)=CN1B1C=CC=CN21.C1=CB2N(C=C1)B1C=CC=CN1B1C=CC(c3ccc4c(c3)-c3ccccc3-c3ccc(-c5cccc6c5sc5ccccc56)cc3-c3ccccc3-4)=CN1B1C=CC=CN21. The second-order valence-electron chi connectivity index (χ2n) is 32.9. The summed E-state index contributed by atoms with van der Waals surface area (Å²) in [6, 6.07) is 94.5. The van der Waals surface area contributed by atoms with E-state index in [1.54, 1.807) is 0 Å². The molecule has 0 saturated carbocycles. The van der Waals surface area contributed by atoms with Gasteiger partial charge in [0.25, 0.3) is 0 Å². The zero-order valence-corrected chi connectivity index (χ0v) is 67.4. The Balaban J connectivity index is 0.000000134. The molecule has 0 amide bonds. The highest BCUT2D eigenvalue weighted by atomic mass is 32.1. The summed E-state index contributed by atoms with van der Waals surface area (Å²) in [7, 11) is 0. The smallest absolute Gasteiger partial charge is 0.380 e. The largest absolute Gasteiger partial charge is 0.455 e. The van der Waals surface area contributed by atoms with E-state index in [0.717, 1.165) is 33.1 Å². The average molecular weight is 1570 g/mol. The number of nitrogens with zero attached hydrogens (tertiary/aromatic N) is 8. The Kier molecular flexibility index (Phi) is 16.5. The molecule has 9 nitrogen and oxygen atoms in total. The van der Waals surface area contributed by atoms with Crippen molar-refractivity contribution in [1.82, 2.24) is 37.8 Å². The molecular weight excluding hydrogens is 1500 g/mol. The van der Waals surface area contributed by atoms with Gasteiger partial charge in [-0.3, -0.25) is 0 Å². The number of furan rings is 1. The number of hydrogen-bond donors (Lipinski definition) is 0. The maximum absolute atomic E-state index is 6.54. The van der Waals surface area contributed by atoms with Crippen LogP contribution in [-0.2, 0) is 0 Å². The van der Waals surface area contributed by atoms with Gasteiger partial charge in [0.05, 0.1) is 0 Å². The molecule has 2 aromatic heterocycles. The van der Waals surface area contributed by atoms with E-state index >= 15 is 0 Å². The molecule has 10 aliphatic heterocycles. The van der Waals surface area contributed by atoms with E-state index in [-0.39, 0.29) is 55.9 Å². The monoisotopic (exact) mass is 1570 g/mol. The number of thiophene rings is 1. The van der Waals surface area contributed by atoms with Crippen LogP contribution >= 0.6 is 11.3 Å². The molecule has 26 rings (SSSR count). The highest BCUT2D eigenvalue weighted by Crippen LogP contribution is 2.54. The van der Waals surface area contributed by atoms with Crippen LogP contribution in [0.3, 0.4) is 0 Å². The molecular formula is C104H72B8N8OS. The molecule has 0 radical (unpaired) electrons. The molecule has 564 valence electrons. The van der Waals surface area contributed by atoms with Gasteiger partial charge in [-0.25, -0.2) is 0 Å². The maximum atomic E-state index is 6.54. The number of para-hydroxylation sites is 2. The Bertz CT molecular complexity index is 6850. The van der Waals surface area contributed by atoms with E-state index in [1.807, 2.05) is 17.4 Å². The topological polar surface area (TPSA) is 39.1 Å². The van der Waals surface area contributed by atoms with E-state index in [9.17, 15) is 0 Å². The highest BCUT2D eigenvalue weighted by Gasteiger charge is 2.52. The van der Waals surface area contributed by atoms with Crippen molar-refractivity contribution in [1.29, 1.82) is 0 Å². The van der Waals surface area contributed by atoms with Gasteiger partial charge in [-0.1, -0.05) is 315 Å². The van der Waals surface area contributed by atoms with Crippen molar-refractivity contribution < 1.29 is 4.42 Å². The molecule has 0 spiro atoms. The van der Waals surface area contributed by atoms with Crippen molar-refractivity contribution in [3.05, 3.63) is 448 Å². The molecule has 2 saturated heterocycles. The number of fused-ring (bicyclic) bond motifs is 38. The molecule has 0 unspecified atom stereocenters. The molecule has 2 aliphatic carbocycles. The zero-order chi connectivity index (χ0) is 80.0. The lowest BCUT2D eigenvalue weighted by Crippen LogP contribution is -2.73. The number of hydrogen-bond acceptors (Lipinski definition) is 10. The second-order valence-corrected chi connectivity index (χ2v) is 34.0. The van der Waals surface area contributed by atoms with E-state index in [0.29, 0.717) is 0 Å². The zero-order valence-electron chi connectivity index (χ0n) is 66.6. The lowest BCUT2D eigenvalue weighted by molar-refractivity contribution is 0.622. The Morgan fingerprint density at radius 2 is 0.508 bits per heavy atom. The summed E-state index contributed by atoms with van der Waals surface area (Å²) in [6.45, 7) is 0.321. The molecule has 122 heavy (non-hydrogen) atoms. The van der Waals surface area contributed by atoms with Gasteiger partial charge in [0.2, 0.25) is 0 Å². The lowest BCUT2D eigenvalue weighted by Gasteiger charge is -2.53. The summed E-state index contributed by atoms with van der Waals surface area (Å²) < 4.78 is 29.1. The fraction of sp³-hybridized carbons (Fsp3) is 0. The van der Waals surface area contributed by atoms with Crippen molar-refractivity contribution in [2.24, 2.45) is 0 Å². The van der Waals surface area contributed by atoms with Crippen LogP contribution in [0.5, 0.6) is 0 Å². The van der Waals surface area contributed by atoms with Crippen LogP contribution in [-0.4, -0.2) is 93.6 Å². The standard InChI is InChI=1S/C52H36B4N4O.C52H36B4N4S/c2*1-3-16-43-41(14-1)46-25-23-38(40-19-13-20-48-47-18-5-6-21-51(47)61-52(40)48)35-50(46)44-17-4-2-15-42(44)45-24-22-37(34-49(43)45)39-26-30-56-59-33-11-8-28-54(59)57-31-10-7-27-53(57)58-32-12-9-29-55(58)60(56)36-39/h2*1-36H. The molecule has 0 bridgehead atoms. The predicted molar refractivity (Wildman–Crippen MR) is 519 cm³/mol. The van der Waals surface area contributed by atoms with Crippen LogP contribution in [0.25, 0.3) is 165 Å². The van der Waals surface area contributed by atoms with Crippen molar-refractivity contribution in [2.45, 2.75) is 0 Å². The van der Waals surface area contributed by atoms with E-state index in [4.69, 9.17) is 4.42 Å². The quantitative estimate of drug-likeness (QED) is 0.160. The minimum absolute atomic E-state index is 0.0102. The molecule has 12 aliphatic rings. The van der Waals surface area contributed by atoms with E-state index in [1.165, 1.54) is 143 Å². The lowest BCUT2D eigenvalue weighted by atomic mass is 9.41. The second kappa shape index (κ2) is 28.6. The van der Waals surface area contributed by atoms with Crippen molar-refractivity contribution >= 4 is 120 Å². The van der Waals surface area contributed by atoms with Gasteiger partial charge in [0.15, 0.2) is 0 Å². The van der Waals surface area contributed by atoms with Gasteiger partial charge in [0, 0.05) is 36.5 Å². The third kappa shape index (κ3) is 11.3. The first-order valence-electron chi connectivity index (χ1n) is 42.4. The Hall–Kier alpha value is -14.6. The van der Waals surface area contributed by atoms with Gasteiger partial charge in [-0.15, -0.1) is 11.3 Å². The van der Waals surface area contributed by atoms with Crippen LogP contribution in [0.15, 0.2) is 442 Å². The minimum atomic E-state index is 0.0102. The van der Waals surface area contributed by atoms with Crippen LogP contribution in [0, 0.1) is 0 Å². The molecule has 14 aromatic rings. The average Bonchev–Trinajstić information content (AvgIpc) is 1.13. The van der Waals surface area contributed by atoms with Gasteiger partial charge in [0.1, 0.15) is 11.2 Å². The first-order valence-corrected chi connectivity index (χ1v) is 43.2. The van der Waals surface area contributed by atoms with Gasteiger partial charge >= 0.3 is 55.9 Å². The Morgan fingerprint density at radius 3 is 0.926 bits per heavy atom.